The van der Waals surface area contributed by atoms with Crippen molar-refractivity contribution in [1.29, 1.82) is 0 Å². The zero-order chi connectivity index (χ0) is 13.8. The number of benzene rings is 1. The predicted octanol–water partition coefficient (Wildman–Crippen LogP) is 0.156. The number of hydrogen-bond donors (Lipinski definition) is 3. The van der Waals surface area contributed by atoms with E-state index in [0.717, 1.165) is 10.0 Å². The molecule has 0 aliphatic carbocycles. The molecule has 1 heterocycles. The first-order valence-corrected chi connectivity index (χ1v) is 6.63. The maximum atomic E-state index is 10.7. The fraction of sp³-hybridized carbons (Fsp3) is 0.417. The van der Waals surface area contributed by atoms with Crippen molar-refractivity contribution >= 4 is 21.8 Å². The average Bonchev–Trinajstić information content (AvgIpc) is 2.38. The maximum Gasteiger partial charge on any atom is 0.247 e. The number of amides is 1. The van der Waals surface area contributed by atoms with Crippen molar-refractivity contribution in [1.82, 2.24) is 5.32 Å². The van der Waals surface area contributed by atoms with Gasteiger partial charge in [0.2, 0.25) is 5.91 Å². The fourth-order valence-electron chi connectivity index (χ4n) is 1.72. The molecular formula is C12H15BrN2O4. The molecule has 1 amide bonds. The lowest BCUT2D eigenvalue weighted by Gasteiger charge is -2.20. The van der Waals surface area contributed by atoms with Crippen LogP contribution in [0.15, 0.2) is 16.6 Å². The highest BCUT2D eigenvalue weighted by Gasteiger charge is 2.16. The van der Waals surface area contributed by atoms with Crippen LogP contribution >= 0.6 is 15.9 Å². The molecule has 1 aliphatic heterocycles. The molecule has 4 N–H and O–H groups in total. The summed E-state index contributed by atoms with van der Waals surface area (Å²) < 4.78 is 11.8. The van der Waals surface area contributed by atoms with E-state index in [1.54, 1.807) is 0 Å². The number of carbonyl (C=O) groups is 1. The smallest absolute Gasteiger partial charge is 0.247 e. The van der Waals surface area contributed by atoms with E-state index in [2.05, 4.69) is 21.2 Å². The number of primary amides is 1. The minimum atomic E-state index is -1.18. The van der Waals surface area contributed by atoms with Crippen molar-refractivity contribution in [3.63, 3.8) is 0 Å². The van der Waals surface area contributed by atoms with Crippen molar-refractivity contribution in [3.8, 4) is 11.5 Å². The van der Waals surface area contributed by atoms with Crippen molar-refractivity contribution in [3.05, 3.63) is 22.2 Å². The summed E-state index contributed by atoms with van der Waals surface area (Å²) in [5.74, 6) is 0.649. The SMILES string of the molecule is NC(=O)C(O)CNCc1cc(Br)c2c(c1)OCCO2. The molecule has 0 saturated carbocycles. The number of rotatable bonds is 5. The standard InChI is InChI=1S/C12H15BrN2O4/c13-8-3-7(5-15-6-9(16)12(14)17)4-10-11(8)19-2-1-18-10/h3-4,9,15-16H,1-2,5-6H2,(H2,14,17). The van der Waals surface area contributed by atoms with E-state index in [-0.39, 0.29) is 6.54 Å². The van der Waals surface area contributed by atoms with Gasteiger partial charge in [-0.2, -0.15) is 0 Å². The third-order valence-corrected chi connectivity index (χ3v) is 3.24. The Morgan fingerprint density at radius 2 is 2.21 bits per heavy atom. The summed E-state index contributed by atoms with van der Waals surface area (Å²) in [5, 5.41) is 12.2. The zero-order valence-electron chi connectivity index (χ0n) is 10.2. The second-order valence-corrected chi connectivity index (χ2v) is 5.01. The normalized spacial score (nSPS) is 15.1. The molecule has 0 aromatic heterocycles. The van der Waals surface area contributed by atoms with Gasteiger partial charge in [0.15, 0.2) is 11.5 Å². The number of nitrogens with two attached hydrogens (primary N) is 1. The van der Waals surface area contributed by atoms with Gasteiger partial charge in [-0.05, 0) is 33.6 Å². The highest BCUT2D eigenvalue weighted by Crippen LogP contribution is 2.38. The molecule has 2 rings (SSSR count). The van der Waals surface area contributed by atoms with E-state index in [1.807, 2.05) is 12.1 Å². The average molecular weight is 331 g/mol. The Kier molecular flexibility index (Phi) is 4.62. The topological polar surface area (TPSA) is 93.8 Å². The highest BCUT2D eigenvalue weighted by molar-refractivity contribution is 9.10. The number of fused-ring (bicyclic) bond motifs is 1. The Morgan fingerprint density at radius 3 is 2.95 bits per heavy atom. The van der Waals surface area contributed by atoms with Gasteiger partial charge in [0, 0.05) is 13.1 Å². The van der Waals surface area contributed by atoms with Crippen LogP contribution in [-0.2, 0) is 11.3 Å². The van der Waals surface area contributed by atoms with Gasteiger partial charge in [0.25, 0.3) is 0 Å². The van der Waals surface area contributed by atoms with Crippen LogP contribution in [0.3, 0.4) is 0 Å². The lowest BCUT2D eigenvalue weighted by molar-refractivity contribution is -0.125. The van der Waals surface area contributed by atoms with E-state index in [1.165, 1.54) is 0 Å². The van der Waals surface area contributed by atoms with Gasteiger partial charge in [-0.15, -0.1) is 0 Å². The Bertz CT molecular complexity index is 481. The van der Waals surface area contributed by atoms with Crippen LogP contribution in [0.5, 0.6) is 11.5 Å². The Labute approximate surface area is 119 Å². The number of halogens is 1. The minimum absolute atomic E-state index is 0.112. The molecule has 0 fully saturated rings. The van der Waals surface area contributed by atoms with Crippen molar-refractivity contribution in [2.45, 2.75) is 12.6 Å². The van der Waals surface area contributed by atoms with Gasteiger partial charge in [-0.1, -0.05) is 0 Å². The van der Waals surface area contributed by atoms with Crippen molar-refractivity contribution < 1.29 is 19.4 Å². The molecule has 1 aromatic carbocycles. The third-order valence-electron chi connectivity index (χ3n) is 2.65. The molecule has 6 nitrogen and oxygen atoms in total. The number of ether oxygens (including phenoxy) is 2. The molecule has 0 spiro atoms. The van der Waals surface area contributed by atoms with Crippen molar-refractivity contribution in [2.75, 3.05) is 19.8 Å². The number of aliphatic hydroxyl groups excluding tert-OH is 1. The molecule has 0 radical (unpaired) electrons. The molecule has 19 heavy (non-hydrogen) atoms. The molecule has 7 heteroatoms. The quantitative estimate of drug-likeness (QED) is 0.714. The number of aliphatic hydroxyl groups is 1. The van der Waals surface area contributed by atoms with Crippen LogP contribution in [-0.4, -0.2) is 36.9 Å². The first-order valence-electron chi connectivity index (χ1n) is 5.84. The summed E-state index contributed by atoms with van der Waals surface area (Å²) in [7, 11) is 0. The Balaban J connectivity index is 1.98. The van der Waals surface area contributed by atoms with Gasteiger partial charge >= 0.3 is 0 Å². The third kappa shape index (κ3) is 3.59. The highest BCUT2D eigenvalue weighted by atomic mass is 79.9. The fourth-order valence-corrected chi connectivity index (χ4v) is 2.32. The first kappa shape index (κ1) is 14.1. The molecular weight excluding hydrogens is 316 g/mol. The summed E-state index contributed by atoms with van der Waals surface area (Å²) in [6.07, 6.45) is -1.18. The molecule has 1 unspecified atom stereocenters. The van der Waals surface area contributed by atoms with E-state index >= 15 is 0 Å². The van der Waals surface area contributed by atoms with Crippen LogP contribution in [0.2, 0.25) is 0 Å². The monoisotopic (exact) mass is 330 g/mol. The van der Waals surface area contributed by atoms with Gasteiger partial charge in [-0.25, -0.2) is 0 Å². The summed E-state index contributed by atoms with van der Waals surface area (Å²) in [4.78, 5) is 10.7. The van der Waals surface area contributed by atoms with Crippen LogP contribution < -0.4 is 20.5 Å². The first-order chi connectivity index (χ1) is 9.08. The summed E-state index contributed by atoms with van der Waals surface area (Å²) in [5.41, 5.74) is 5.91. The predicted molar refractivity (Wildman–Crippen MR) is 72.0 cm³/mol. The molecule has 1 atom stereocenters. The second kappa shape index (κ2) is 6.23. The lowest BCUT2D eigenvalue weighted by Crippen LogP contribution is -2.37. The number of nitrogens with one attached hydrogen (secondary N) is 1. The van der Waals surface area contributed by atoms with E-state index in [0.29, 0.717) is 31.3 Å². The van der Waals surface area contributed by atoms with Gasteiger partial charge < -0.3 is 25.6 Å². The van der Waals surface area contributed by atoms with Crippen LogP contribution in [0, 0.1) is 0 Å². The van der Waals surface area contributed by atoms with Crippen LogP contribution in [0.25, 0.3) is 0 Å². The van der Waals surface area contributed by atoms with E-state index in [9.17, 15) is 9.90 Å². The largest absolute Gasteiger partial charge is 0.486 e. The molecule has 0 saturated heterocycles. The van der Waals surface area contributed by atoms with Gasteiger partial charge in [-0.3, -0.25) is 4.79 Å². The number of hydrogen-bond acceptors (Lipinski definition) is 5. The van der Waals surface area contributed by atoms with Crippen LogP contribution in [0.4, 0.5) is 0 Å². The van der Waals surface area contributed by atoms with E-state index < -0.39 is 12.0 Å². The van der Waals surface area contributed by atoms with Gasteiger partial charge in [0.05, 0.1) is 4.47 Å². The maximum absolute atomic E-state index is 10.7. The van der Waals surface area contributed by atoms with Crippen LogP contribution in [0.1, 0.15) is 5.56 Å². The Hall–Kier alpha value is -1.31. The second-order valence-electron chi connectivity index (χ2n) is 4.15. The molecule has 0 bridgehead atoms. The zero-order valence-corrected chi connectivity index (χ0v) is 11.8. The molecule has 1 aliphatic rings. The van der Waals surface area contributed by atoms with E-state index in [4.69, 9.17) is 15.2 Å². The summed E-state index contributed by atoms with van der Waals surface area (Å²) in [6.45, 7) is 1.66. The minimum Gasteiger partial charge on any atom is -0.486 e. The number of carbonyl (C=O) groups excluding carboxylic acids is 1. The molecule has 104 valence electrons. The summed E-state index contributed by atoms with van der Waals surface area (Å²) in [6, 6.07) is 3.76. The van der Waals surface area contributed by atoms with Gasteiger partial charge in [0.1, 0.15) is 19.3 Å². The summed E-state index contributed by atoms with van der Waals surface area (Å²) >= 11 is 3.42. The molecule has 1 aromatic rings. The lowest BCUT2D eigenvalue weighted by atomic mass is 10.2. The van der Waals surface area contributed by atoms with Crippen molar-refractivity contribution in [2.24, 2.45) is 5.73 Å². The Morgan fingerprint density at radius 1 is 1.47 bits per heavy atom.